The fourth-order valence-electron chi connectivity index (χ4n) is 3.08. The molecule has 0 aliphatic carbocycles. The maximum absolute atomic E-state index is 12.6. The number of nitrogens with zero attached hydrogens (tertiary/aromatic N) is 1. The highest BCUT2D eigenvalue weighted by atomic mass is 35.5. The van der Waals surface area contributed by atoms with E-state index in [2.05, 4.69) is 15.5 Å². The second-order valence-corrected chi connectivity index (χ2v) is 8.72. The Hall–Kier alpha value is -1.90. The molecule has 2 aromatic carbocycles. The number of thiophene rings is 1. The molecule has 9 heteroatoms. The van der Waals surface area contributed by atoms with Gasteiger partial charge in [-0.15, -0.1) is 11.3 Å². The number of nitrogens with one attached hydrogen (secondary N) is 2. The summed E-state index contributed by atoms with van der Waals surface area (Å²) in [5.41, 5.74) is 1.92. The number of carbonyl (C=O) groups is 1. The third-order valence-corrected chi connectivity index (χ3v) is 6.62. The lowest BCUT2D eigenvalue weighted by molar-refractivity contribution is 0.0982. The van der Waals surface area contributed by atoms with Gasteiger partial charge in [0.2, 0.25) is 0 Å². The SMILES string of the molecule is O=C(NC(=S)Nc1ccc(N2CCOCC2)cc1)c1sc2cc(Cl)ccc2c1Cl. The fourth-order valence-corrected chi connectivity index (χ4v) is 4.98. The Morgan fingerprint density at radius 1 is 1.10 bits per heavy atom. The zero-order valence-electron chi connectivity index (χ0n) is 15.2. The third kappa shape index (κ3) is 4.65. The van der Waals surface area contributed by atoms with Gasteiger partial charge in [0.05, 0.1) is 18.2 Å². The summed E-state index contributed by atoms with van der Waals surface area (Å²) in [5.74, 6) is -0.352. The molecule has 1 amide bonds. The van der Waals surface area contributed by atoms with Crippen molar-refractivity contribution in [2.24, 2.45) is 0 Å². The minimum absolute atomic E-state index is 0.209. The van der Waals surface area contributed by atoms with Crippen molar-refractivity contribution < 1.29 is 9.53 Å². The van der Waals surface area contributed by atoms with Gasteiger partial charge in [-0.2, -0.15) is 0 Å². The molecular formula is C20H17Cl2N3O2S2. The Kier molecular flexibility index (Phi) is 6.22. The van der Waals surface area contributed by atoms with E-state index < -0.39 is 0 Å². The number of morpholine rings is 1. The number of thiocarbonyl (C=S) groups is 1. The summed E-state index contributed by atoms with van der Waals surface area (Å²) < 4.78 is 6.23. The summed E-state index contributed by atoms with van der Waals surface area (Å²) in [4.78, 5) is 15.3. The number of ether oxygens (including phenoxy) is 1. The highest BCUT2D eigenvalue weighted by molar-refractivity contribution is 7.80. The van der Waals surface area contributed by atoms with E-state index in [1.165, 1.54) is 11.3 Å². The smallest absolute Gasteiger partial charge is 0.269 e. The zero-order chi connectivity index (χ0) is 20.4. The quantitative estimate of drug-likeness (QED) is 0.522. The van der Waals surface area contributed by atoms with Crippen LogP contribution < -0.4 is 15.5 Å². The predicted molar refractivity (Wildman–Crippen MR) is 125 cm³/mol. The summed E-state index contributed by atoms with van der Waals surface area (Å²) in [6, 6.07) is 13.2. The molecule has 5 nitrogen and oxygen atoms in total. The van der Waals surface area contributed by atoms with Gasteiger partial charge >= 0.3 is 0 Å². The van der Waals surface area contributed by atoms with Crippen molar-refractivity contribution in [3.05, 3.63) is 57.4 Å². The van der Waals surface area contributed by atoms with Crippen LogP contribution in [0.15, 0.2) is 42.5 Å². The van der Waals surface area contributed by atoms with E-state index in [0.29, 0.717) is 14.9 Å². The molecule has 1 aliphatic rings. The Labute approximate surface area is 187 Å². The maximum Gasteiger partial charge on any atom is 0.269 e. The van der Waals surface area contributed by atoms with Crippen LogP contribution in [0.4, 0.5) is 11.4 Å². The fraction of sp³-hybridized carbons (Fsp3) is 0.200. The molecule has 0 unspecified atom stereocenters. The molecule has 1 aromatic heterocycles. The Morgan fingerprint density at radius 2 is 1.83 bits per heavy atom. The van der Waals surface area contributed by atoms with Gasteiger partial charge in [0, 0.05) is 39.6 Å². The number of amides is 1. The molecule has 3 aromatic rings. The van der Waals surface area contributed by atoms with Crippen LogP contribution in [-0.2, 0) is 4.74 Å². The molecule has 29 heavy (non-hydrogen) atoms. The minimum atomic E-state index is -0.352. The van der Waals surface area contributed by atoms with Crippen molar-refractivity contribution in [1.82, 2.24) is 5.32 Å². The molecule has 1 saturated heterocycles. The van der Waals surface area contributed by atoms with Gasteiger partial charge in [-0.1, -0.05) is 29.3 Å². The van der Waals surface area contributed by atoms with E-state index in [1.807, 2.05) is 24.3 Å². The van der Waals surface area contributed by atoms with Crippen LogP contribution in [0.2, 0.25) is 10.0 Å². The van der Waals surface area contributed by atoms with Crippen LogP contribution in [0.3, 0.4) is 0 Å². The molecule has 2 heterocycles. The predicted octanol–water partition coefficient (Wildman–Crippen LogP) is 5.17. The third-order valence-electron chi connectivity index (χ3n) is 4.53. The van der Waals surface area contributed by atoms with Crippen LogP contribution >= 0.6 is 46.8 Å². The lowest BCUT2D eigenvalue weighted by Crippen LogP contribution is -2.36. The van der Waals surface area contributed by atoms with Crippen LogP contribution in [0, 0.1) is 0 Å². The van der Waals surface area contributed by atoms with Crippen molar-refractivity contribution in [1.29, 1.82) is 0 Å². The highest BCUT2D eigenvalue weighted by Crippen LogP contribution is 2.36. The van der Waals surface area contributed by atoms with Gasteiger partial charge in [0.25, 0.3) is 5.91 Å². The summed E-state index contributed by atoms with van der Waals surface area (Å²) in [6.45, 7) is 3.23. The second kappa shape index (κ2) is 8.85. The van der Waals surface area contributed by atoms with E-state index in [4.69, 9.17) is 40.2 Å². The normalized spacial score (nSPS) is 14.1. The number of benzene rings is 2. The van der Waals surface area contributed by atoms with Crippen molar-refractivity contribution in [2.45, 2.75) is 0 Å². The number of rotatable bonds is 3. The number of fused-ring (bicyclic) bond motifs is 1. The molecule has 4 rings (SSSR count). The summed E-state index contributed by atoms with van der Waals surface area (Å²) in [5, 5.41) is 7.72. The van der Waals surface area contributed by atoms with E-state index >= 15 is 0 Å². The van der Waals surface area contributed by atoms with E-state index in [9.17, 15) is 4.79 Å². The minimum Gasteiger partial charge on any atom is -0.378 e. The van der Waals surface area contributed by atoms with Gasteiger partial charge in [-0.25, -0.2) is 0 Å². The molecule has 1 fully saturated rings. The topological polar surface area (TPSA) is 53.6 Å². The molecule has 0 spiro atoms. The largest absolute Gasteiger partial charge is 0.378 e. The van der Waals surface area contributed by atoms with Crippen molar-refractivity contribution >= 4 is 79.2 Å². The molecule has 2 N–H and O–H groups in total. The molecule has 0 bridgehead atoms. The zero-order valence-corrected chi connectivity index (χ0v) is 18.4. The summed E-state index contributed by atoms with van der Waals surface area (Å²) in [6.07, 6.45) is 0. The monoisotopic (exact) mass is 465 g/mol. The summed E-state index contributed by atoms with van der Waals surface area (Å²) in [7, 11) is 0. The van der Waals surface area contributed by atoms with Crippen LogP contribution in [0.1, 0.15) is 9.67 Å². The standard InChI is InChI=1S/C20H17Cl2N3O2S2/c21-12-1-6-15-16(11-12)29-18(17(15)22)19(26)24-20(28)23-13-2-4-14(5-3-13)25-7-9-27-10-8-25/h1-6,11H,7-10H2,(H2,23,24,26,28). The van der Waals surface area contributed by atoms with Crippen LogP contribution in [-0.4, -0.2) is 37.3 Å². The highest BCUT2D eigenvalue weighted by Gasteiger charge is 2.18. The Balaban J connectivity index is 1.40. The number of hydrogen-bond acceptors (Lipinski definition) is 5. The number of hydrogen-bond donors (Lipinski definition) is 2. The average Bonchev–Trinajstić information content (AvgIpc) is 3.05. The Bertz CT molecular complexity index is 1060. The van der Waals surface area contributed by atoms with Gasteiger partial charge in [0.15, 0.2) is 5.11 Å². The number of carbonyl (C=O) groups excluding carboxylic acids is 1. The maximum atomic E-state index is 12.6. The molecule has 150 valence electrons. The van der Waals surface area contributed by atoms with Crippen LogP contribution in [0.25, 0.3) is 10.1 Å². The second-order valence-electron chi connectivity index (χ2n) is 6.44. The molecule has 1 aliphatic heterocycles. The lowest BCUT2D eigenvalue weighted by atomic mass is 10.2. The van der Waals surface area contributed by atoms with Gasteiger partial charge in [-0.05, 0) is 48.6 Å². The first-order valence-electron chi connectivity index (χ1n) is 8.94. The average molecular weight is 466 g/mol. The van der Waals surface area contributed by atoms with Gasteiger partial charge < -0.3 is 15.0 Å². The first-order chi connectivity index (χ1) is 14.0. The van der Waals surface area contributed by atoms with Gasteiger partial charge in [-0.3, -0.25) is 10.1 Å². The van der Waals surface area contributed by atoms with E-state index in [0.717, 1.165) is 47.8 Å². The molecule has 0 atom stereocenters. The molecular weight excluding hydrogens is 449 g/mol. The number of halogens is 2. The van der Waals surface area contributed by atoms with Crippen LogP contribution in [0.5, 0.6) is 0 Å². The van der Waals surface area contributed by atoms with Crippen molar-refractivity contribution in [3.63, 3.8) is 0 Å². The Morgan fingerprint density at radius 3 is 2.55 bits per heavy atom. The van der Waals surface area contributed by atoms with E-state index in [1.54, 1.807) is 18.2 Å². The first-order valence-corrected chi connectivity index (χ1v) is 10.9. The first kappa shape index (κ1) is 20.4. The molecule has 0 saturated carbocycles. The van der Waals surface area contributed by atoms with Gasteiger partial charge in [0.1, 0.15) is 4.88 Å². The van der Waals surface area contributed by atoms with Crippen molar-refractivity contribution in [2.75, 3.05) is 36.5 Å². The molecule has 0 radical (unpaired) electrons. The van der Waals surface area contributed by atoms with E-state index in [-0.39, 0.29) is 11.0 Å². The van der Waals surface area contributed by atoms with Crippen molar-refractivity contribution in [3.8, 4) is 0 Å². The summed E-state index contributed by atoms with van der Waals surface area (Å²) >= 11 is 19.0. The lowest BCUT2D eigenvalue weighted by Gasteiger charge is -2.28. The number of anilines is 2.